The first-order valence-electron chi connectivity index (χ1n) is 10.5. The number of halogens is 6. The van der Waals surface area contributed by atoms with Gasteiger partial charge in [-0.15, -0.1) is 0 Å². The summed E-state index contributed by atoms with van der Waals surface area (Å²) in [5.41, 5.74) is -11.0. The van der Waals surface area contributed by atoms with E-state index >= 15 is 0 Å². The van der Waals surface area contributed by atoms with Crippen LogP contribution in [0.5, 0.6) is 0 Å². The molecular weight excluding hydrogens is 524 g/mol. The highest BCUT2D eigenvalue weighted by atomic mass is 32.3. The van der Waals surface area contributed by atoms with Gasteiger partial charge in [-0.3, -0.25) is 4.90 Å². The molecule has 0 aliphatic heterocycles. The van der Waals surface area contributed by atoms with E-state index in [0.717, 1.165) is 15.2 Å². The monoisotopic (exact) mass is 557 g/mol. The van der Waals surface area contributed by atoms with Crippen LogP contribution in [-0.4, -0.2) is 76.5 Å². The van der Waals surface area contributed by atoms with Gasteiger partial charge in [0.15, 0.2) is 20.0 Å². The first-order valence-corrected chi connectivity index (χ1v) is 13.3. The van der Waals surface area contributed by atoms with Crippen LogP contribution in [0.1, 0.15) is 46.2 Å². The van der Waals surface area contributed by atoms with E-state index in [1.165, 1.54) is 12.1 Å². The zero-order valence-electron chi connectivity index (χ0n) is 20.6. The third kappa shape index (κ3) is 10.2. The van der Waals surface area contributed by atoms with Crippen molar-refractivity contribution in [2.75, 3.05) is 27.2 Å². The van der Waals surface area contributed by atoms with Gasteiger partial charge < -0.3 is 8.61 Å². The Bertz CT molecular complexity index is 944. The van der Waals surface area contributed by atoms with Crippen molar-refractivity contribution in [3.63, 3.8) is 0 Å². The Hall–Kier alpha value is -1.42. The van der Waals surface area contributed by atoms with Crippen molar-refractivity contribution in [3.8, 4) is 0 Å². The lowest BCUT2D eigenvalue weighted by atomic mass is 10.1. The maximum atomic E-state index is 11.4. The second kappa shape index (κ2) is 12.2. The summed E-state index contributed by atoms with van der Waals surface area (Å²) in [5, 5.41) is 0. The molecule has 0 bridgehead atoms. The molecule has 0 heterocycles. The fourth-order valence-electron chi connectivity index (χ4n) is 3.03. The van der Waals surface area contributed by atoms with Gasteiger partial charge in [-0.2, -0.15) is 26.3 Å². The molecule has 1 aromatic carbocycles. The van der Waals surface area contributed by atoms with E-state index in [4.69, 9.17) is 0 Å². The van der Waals surface area contributed by atoms with Crippen molar-refractivity contribution >= 4 is 20.0 Å². The average Bonchev–Trinajstić information content (AvgIpc) is 2.65. The molecule has 206 valence electrons. The molecule has 0 radical (unpaired) electrons. The number of likely N-dealkylation sites (N-methyl/N-ethyl adjacent to an activating group) is 1. The third-order valence-electron chi connectivity index (χ3n) is 5.37. The minimum Gasteiger partial charge on any atom is -0.421 e. The van der Waals surface area contributed by atoms with Crippen molar-refractivity contribution in [1.29, 1.82) is 0 Å². The molecule has 0 aromatic heterocycles. The Labute approximate surface area is 203 Å². The van der Waals surface area contributed by atoms with Crippen LogP contribution in [0, 0.1) is 0 Å². The second-order valence-electron chi connectivity index (χ2n) is 8.93. The van der Waals surface area contributed by atoms with Crippen LogP contribution >= 0.6 is 0 Å². The molecule has 0 aliphatic carbocycles. The highest BCUT2D eigenvalue weighted by Gasteiger charge is 2.46. The number of alkyl halides is 6. The summed E-state index contributed by atoms with van der Waals surface area (Å²) in [6.45, 7) is 13.8. The minimum absolute atomic E-state index is 0.525. The lowest BCUT2D eigenvalue weighted by Crippen LogP contribution is -2.49. The zero-order valence-corrected chi connectivity index (χ0v) is 22.2. The van der Waals surface area contributed by atoms with Gasteiger partial charge in [0, 0.05) is 24.2 Å². The summed E-state index contributed by atoms with van der Waals surface area (Å²) in [4.78, 5) is 2.58. The van der Waals surface area contributed by atoms with E-state index in [0.29, 0.717) is 18.1 Å². The quantitative estimate of drug-likeness (QED) is 0.315. The van der Waals surface area contributed by atoms with Crippen LogP contribution in [-0.2, 0) is 20.0 Å². The number of nitrogens with zero attached hydrogens (tertiary/aromatic N) is 3. The lowest BCUT2D eigenvalue weighted by Gasteiger charge is -2.39. The first kappa shape index (κ1) is 33.6. The number of benzene rings is 1. The summed E-state index contributed by atoms with van der Waals surface area (Å²) in [7, 11) is -8.76. The Morgan fingerprint density at radius 3 is 1.49 bits per heavy atom. The molecule has 0 unspecified atom stereocenters. The molecule has 0 amide bonds. The van der Waals surface area contributed by atoms with Gasteiger partial charge in [-0.05, 0) is 34.6 Å². The lowest BCUT2D eigenvalue weighted by molar-refractivity contribution is -0.918. The smallest absolute Gasteiger partial charge is 0.421 e. The Kier molecular flexibility index (Phi) is 11.7. The molecule has 0 saturated heterocycles. The molecule has 1 aromatic rings. The number of rotatable bonds is 9. The normalized spacial score (nSPS) is 14.7. The summed E-state index contributed by atoms with van der Waals surface area (Å²) in [6.07, 6.45) is 0. The Morgan fingerprint density at radius 2 is 1.17 bits per heavy atom. The fraction of sp³-hybridized carbons (Fsp3) is 0.700. The molecule has 0 saturated carbocycles. The first-order chi connectivity index (χ1) is 15.5. The highest BCUT2D eigenvalue weighted by Crippen LogP contribution is 2.36. The molecule has 0 fully saturated rings. The zero-order chi connectivity index (χ0) is 28.0. The molecular formula is C20H33F6N3O4S2. The molecule has 1 atom stereocenters. The molecule has 0 N–H and O–H groups in total. The molecule has 0 spiro atoms. The van der Waals surface area contributed by atoms with Crippen LogP contribution in [0.15, 0.2) is 30.3 Å². The SMILES string of the molecule is CC(C)N(CC[N+](C)(C)[C@H](C)c1ccccc1)C(C)C.O=S(=O)([N-]S(=O)(=O)C(F)(F)F)C(F)(F)F. The van der Waals surface area contributed by atoms with E-state index in [1.807, 2.05) is 0 Å². The van der Waals surface area contributed by atoms with E-state index < -0.39 is 31.1 Å². The minimum atomic E-state index is -6.72. The van der Waals surface area contributed by atoms with Gasteiger partial charge in [0.05, 0.1) is 20.6 Å². The Morgan fingerprint density at radius 1 is 0.800 bits per heavy atom. The maximum absolute atomic E-state index is 11.4. The van der Waals surface area contributed by atoms with E-state index in [1.54, 1.807) is 0 Å². The van der Waals surface area contributed by atoms with Crippen molar-refractivity contribution in [1.82, 2.24) is 4.90 Å². The van der Waals surface area contributed by atoms with Gasteiger partial charge in [0.2, 0.25) is 0 Å². The van der Waals surface area contributed by atoms with Crippen LogP contribution in [0.25, 0.3) is 4.13 Å². The van der Waals surface area contributed by atoms with E-state index in [2.05, 4.69) is 83.9 Å². The highest BCUT2D eigenvalue weighted by molar-refractivity contribution is 8.13. The molecule has 35 heavy (non-hydrogen) atoms. The number of quaternary nitrogens is 1. The predicted octanol–water partition coefficient (Wildman–Crippen LogP) is 5.00. The molecule has 1 rings (SSSR count). The molecule has 7 nitrogen and oxygen atoms in total. The predicted molar refractivity (Wildman–Crippen MR) is 122 cm³/mol. The van der Waals surface area contributed by atoms with Crippen molar-refractivity contribution in [2.24, 2.45) is 0 Å². The van der Waals surface area contributed by atoms with E-state index in [-0.39, 0.29) is 0 Å². The van der Waals surface area contributed by atoms with Crippen molar-refractivity contribution < 1.29 is 47.7 Å². The van der Waals surface area contributed by atoms with Crippen LogP contribution in [0.4, 0.5) is 26.3 Å². The molecule has 0 aliphatic rings. The summed E-state index contributed by atoms with van der Waals surface area (Å²) < 4.78 is 110. The maximum Gasteiger partial charge on any atom is 0.480 e. The van der Waals surface area contributed by atoms with E-state index in [9.17, 15) is 43.2 Å². The van der Waals surface area contributed by atoms with Crippen molar-refractivity contribution in [3.05, 3.63) is 40.0 Å². The third-order valence-corrected chi connectivity index (χ3v) is 8.11. The van der Waals surface area contributed by atoms with Gasteiger partial charge >= 0.3 is 11.0 Å². The number of hydrogen-bond acceptors (Lipinski definition) is 5. The summed E-state index contributed by atoms with van der Waals surface area (Å²) in [5.74, 6) is 0. The summed E-state index contributed by atoms with van der Waals surface area (Å²) >= 11 is 0. The standard InChI is InChI=1S/C18H33N2.C2F6NO4S2/c1-15(2)19(16(3)4)13-14-20(6,7)17(5)18-11-9-8-10-12-18;3-1(4,5)14(10,11)9-15(12,13)2(6,7)8/h8-12,15-17H,13-14H2,1-7H3;/q+1;-1/t17-;/m1./s1. The van der Waals surface area contributed by atoms with Crippen LogP contribution in [0.2, 0.25) is 0 Å². The van der Waals surface area contributed by atoms with Gasteiger partial charge in [-0.25, -0.2) is 16.8 Å². The molecule has 15 heteroatoms. The average molecular weight is 558 g/mol. The van der Waals surface area contributed by atoms with Crippen LogP contribution < -0.4 is 0 Å². The van der Waals surface area contributed by atoms with Gasteiger partial charge in [-0.1, -0.05) is 30.3 Å². The van der Waals surface area contributed by atoms with Crippen molar-refractivity contribution in [2.45, 2.75) is 63.8 Å². The fourth-order valence-corrected chi connectivity index (χ4v) is 4.74. The van der Waals surface area contributed by atoms with Gasteiger partial charge in [0.1, 0.15) is 6.04 Å². The second-order valence-corrected chi connectivity index (χ2v) is 12.4. The summed E-state index contributed by atoms with van der Waals surface area (Å²) in [6, 6.07) is 12.6. The van der Waals surface area contributed by atoms with Crippen LogP contribution in [0.3, 0.4) is 0 Å². The van der Waals surface area contributed by atoms with Gasteiger partial charge in [0.25, 0.3) is 0 Å². The Balaban J connectivity index is 0.000000691. The number of sulfonamides is 2. The largest absolute Gasteiger partial charge is 0.480 e. The number of hydrogen-bond donors (Lipinski definition) is 0. The topological polar surface area (TPSA) is 85.6 Å².